The Bertz CT molecular complexity index is 326. The number of rotatable bonds is 1. The van der Waals surface area contributed by atoms with Crippen molar-refractivity contribution >= 4 is 6.21 Å². The standard InChI is InChI=1S/C11H15NO/c1-8-5-9(2)11(7-12(4)13)10(3)6-8/h5-7H,1-4H3/b12-7+. The lowest BCUT2D eigenvalue weighted by atomic mass is 10.0. The minimum Gasteiger partial charge on any atom is -0.624 e. The first-order chi connectivity index (χ1) is 6.00. The van der Waals surface area contributed by atoms with E-state index in [4.69, 9.17) is 0 Å². The number of aryl methyl sites for hydroxylation is 3. The molecule has 0 aliphatic heterocycles. The molecule has 0 aromatic heterocycles. The second-order valence-electron chi connectivity index (χ2n) is 3.49. The van der Waals surface area contributed by atoms with Crippen molar-refractivity contribution in [2.75, 3.05) is 7.05 Å². The van der Waals surface area contributed by atoms with Gasteiger partial charge in [-0.3, -0.25) is 0 Å². The maximum atomic E-state index is 10.9. The molecule has 0 fully saturated rings. The van der Waals surface area contributed by atoms with Gasteiger partial charge in [0.2, 0.25) is 0 Å². The van der Waals surface area contributed by atoms with Gasteiger partial charge in [0.15, 0.2) is 6.21 Å². The lowest BCUT2D eigenvalue weighted by molar-refractivity contribution is -0.416. The molecule has 0 aliphatic rings. The zero-order valence-corrected chi connectivity index (χ0v) is 8.59. The van der Waals surface area contributed by atoms with Gasteiger partial charge in [0, 0.05) is 5.56 Å². The Morgan fingerprint density at radius 1 is 1.15 bits per heavy atom. The Morgan fingerprint density at radius 2 is 1.62 bits per heavy atom. The molecule has 0 N–H and O–H groups in total. The van der Waals surface area contributed by atoms with E-state index in [1.54, 1.807) is 6.21 Å². The SMILES string of the molecule is Cc1cc(C)c(/C=[N+](\C)[O-])c(C)c1. The Labute approximate surface area is 79.1 Å². The predicted molar refractivity (Wildman–Crippen MR) is 55.4 cm³/mol. The fraction of sp³-hybridized carbons (Fsp3) is 0.364. The van der Waals surface area contributed by atoms with Crippen molar-refractivity contribution in [2.45, 2.75) is 20.8 Å². The number of hydrogen-bond donors (Lipinski definition) is 0. The third kappa shape index (κ3) is 2.31. The molecule has 0 radical (unpaired) electrons. The van der Waals surface area contributed by atoms with Crippen molar-refractivity contribution in [3.05, 3.63) is 39.6 Å². The van der Waals surface area contributed by atoms with Crippen LogP contribution in [0.4, 0.5) is 0 Å². The first kappa shape index (κ1) is 9.78. The lowest BCUT2D eigenvalue weighted by Crippen LogP contribution is -2.02. The molecule has 1 aromatic rings. The molecule has 0 aliphatic carbocycles. The number of hydrogen-bond acceptors (Lipinski definition) is 1. The maximum Gasteiger partial charge on any atom is 0.182 e. The number of hydroxylamine groups is 1. The van der Waals surface area contributed by atoms with Crippen LogP contribution in [0.25, 0.3) is 0 Å². The lowest BCUT2D eigenvalue weighted by Gasteiger charge is -2.05. The molecule has 1 rings (SSSR count). The van der Waals surface area contributed by atoms with Crippen molar-refractivity contribution in [2.24, 2.45) is 0 Å². The zero-order valence-electron chi connectivity index (χ0n) is 8.59. The van der Waals surface area contributed by atoms with Gasteiger partial charge in [0.05, 0.1) is 0 Å². The van der Waals surface area contributed by atoms with E-state index in [0.29, 0.717) is 0 Å². The Kier molecular flexibility index (Phi) is 2.71. The Morgan fingerprint density at radius 3 is 2.00 bits per heavy atom. The summed E-state index contributed by atoms with van der Waals surface area (Å²) in [7, 11) is 1.50. The molecule has 0 unspecified atom stereocenters. The minimum absolute atomic E-state index is 0.838. The van der Waals surface area contributed by atoms with Crippen LogP contribution in [-0.2, 0) is 0 Å². The molecule has 0 spiro atoms. The highest BCUT2D eigenvalue weighted by Gasteiger charge is 2.03. The molecular formula is C11H15NO. The van der Waals surface area contributed by atoms with E-state index in [1.807, 2.05) is 13.8 Å². The fourth-order valence-corrected chi connectivity index (χ4v) is 1.58. The summed E-state index contributed by atoms with van der Waals surface area (Å²) in [4.78, 5) is 0. The van der Waals surface area contributed by atoms with E-state index in [2.05, 4.69) is 19.1 Å². The quantitative estimate of drug-likeness (QED) is 0.279. The summed E-state index contributed by atoms with van der Waals surface area (Å²) >= 11 is 0. The molecule has 1 aromatic carbocycles. The maximum absolute atomic E-state index is 10.9. The average molecular weight is 177 g/mol. The zero-order chi connectivity index (χ0) is 10.0. The minimum atomic E-state index is 0.838. The van der Waals surface area contributed by atoms with E-state index < -0.39 is 0 Å². The van der Waals surface area contributed by atoms with Gasteiger partial charge in [-0.15, -0.1) is 0 Å². The summed E-state index contributed by atoms with van der Waals surface area (Å²) in [6.07, 6.45) is 1.62. The average Bonchev–Trinajstić information content (AvgIpc) is 1.96. The van der Waals surface area contributed by atoms with Crippen LogP contribution < -0.4 is 0 Å². The van der Waals surface area contributed by atoms with Gasteiger partial charge in [0.25, 0.3) is 0 Å². The molecule has 0 heterocycles. The van der Waals surface area contributed by atoms with Crippen LogP contribution >= 0.6 is 0 Å². The van der Waals surface area contributed by atoms with Crippen molar-refractivity contribution < 1.29 is 4.74 Å². The van der Waals surface area contributed by atoms with Gasteiger partial charge in [-0.25, -0.2) is 4.74 Å². The largest absolute Gasteiger partial charge is 0.624 e. The first-order valence-electron chi connectivity index (χ1n) is 4.33. The molecule has 0 atom stereocenters. The second-order valence-corrected chi connectivity index (χ2v) is 3.49. The van der Waals surface area contributed by atoms with Crippen molar-refractivity contribution in [1.82, 2.24) is 0 Å². The van der Waals surface area contributed by atoms with Gasteiger partial charge in [-0.05, 0) is 31.9 Å². The topological polar surface area (TPSA) is 26.1 Å². The van der Waals surface area contributed by atoms with Crippen molar-refractivity contribution in [3.8, 4) is 0 Å². The van der Waals surface area contributed by atoms with Crippen molar-refractivity contribution in [1.29, 1.82) is 0 Å². The van der Waals surface area contributed by atoms with Crippen LogP contribution in [0.5, 0.6) is 0 Å². The van der Waals surface area contributed by atoms with Crippen LogP contribution in [0.3, 0.4) is 0 Å². The highest BCUT2D eigenvalue weighted by molar-refractivity contribution is 5.80. The summed E-state index contributed by atoms with van der Waals surface area (Å²) in [6.45, 7) is 6.11. The van der Waals surface area contributed by atoms with Crippen LogP contribution in [0.1, 0.15) is 22.3 Å². The third-order valence-electron chi connectivity index (χ3n) is 2.05. The molecule has 13 heavy (non-hydrogen) atoms. The van der Waals surface area contributed by atoms with Crippen molar-refractivity contribution in [3.63, 3.8) is 0 Å². The molecule has 2 nitrogen and oxygen atoms in total. The van der Waals surface area contributed by atoms with Crippen LogP contribution in [-0.4, -0.2) is 18.0 Å². The number of benzene rings is 1. The highest BCUT2D eigenvalue weighted by Crippen LogP contribution is 2.13. The smallest absolute Gasteiger partial charge is 0.182 e. The van der Waals surface area contributed by atoms with Crippen LogP contribution in [0.15, 0.2) is 12.1 Å². The van der Waals surface area contributed by atoms with Gasteiger partial charge < -0.3 is 5.21 Å². The van der Waals surface area contributed by atoms with E-state index in [-0.39, 0.29) is 0 Å². The van der Waals surface area contributed by atoms with Crippen LogP contribution in [0.2, 0.25) is 0 Å². The first-order valence-corrected chi connectivity index (χ1v) is 4.33. The van der Waals surface area contributed by atoms with Crippen LogP contribution in [0, 0.1) is 26.0 Å². The normalized spacial score (nSPS) is 11.8. The van der Waals surface area contributed by atoms with E-state index >= 15 is 0 Å². The molecule has 0 saturated carbocycles. The van der Waals surface area contributed by atoms with Gasteiger partial charge in [0.1, 0.15) is 7.05 Å². The molecule has 2 heteroatoms. The van der Waals surface area contributed by atoms with E-state index in [9.17, 15) is 5.21 Å². The van der Waals surface area contributed by atoms with E-state index in [0.717, 1.165) is 21.4 Å². The summed E-state index contributed by atoms with van der Waals surface area (Å²) in [5.41, 5.74) is 4.57. The monoisotopic (exact) mass is 177 g/mol. The molecule has 0 amide bonds. The highest BCUT2D eigenvalue weighted by atomic mass is 16.5. The Balaban J connectivity index is 3.29. The second kappa shape index (κ2) is 3.60. The third-order valence-corrected chi connectivity index (χ3v) is 2.05. The summed E-state index contributed by atoms with van der Waals surface area (Å²) in [5.74, 6) is 0. The molecular weight excluding hydrogens is 162 g/mol. The molecule has 0 bridgehead atoms. The summed E-state index contributed by atoms with van der Waals surface area (Å²) in [6, 6.07) is 4.17. The van der Waals surface area contributed by atoms with E-state index in [1.165, 1.54) is 12.6 Å². The molecule has 70 valence electrons. The van der Waals surface area contributed by atoms with Gasteiger partial charge in [-0.1, -0.05) is 17.7 Å². The summed E-state index contributed by atoms with van der Waals surface area (Å²) in [5, 5.41) is 10.9. The van der Waals surface area contributed by atoms with Gasteiger partial charge in [-0.2, -0.15) is 0 Å². The summed E-state index contributed by atoms with van der Waals surface area (Å²) < 4.78 is 0.838. The molecule has 0 saturated heterocycles. The Hall–Kier alpha value is -1.31. The van der Waals surface area contributed by atoms with Gasteiger partial charge >= 0.3 is 0 Å². The number of nitrogens with zero attached hydrogens (tertiary/aromatic N) is 1. The fourth-order valence-electron chi connectivity index (χ4n) is 1.58. The predicted octanol–water partition coefficient (Wildman–Crippen LogP) is 2.17.